The van der Waals surface area contributed by atoms with Crippen LogP contribution in [-0.4, -0.2) is 32.4 Å². The number of fused-ring (bicyclic) bond motifs is 2. The number of nitrogens with zero attached hydrogens (tertiary/aromatic N) is 3. The molecule has 2 aromatic carbocycles. The van der Waals surface area contributed by atoms with E-state index < -0.39 is 17.3 Å². The maximum atomic E-state index is 13.4. The van der Waals surface area contributed by atoms with E-state index in [1.807, 2.05) is 60.7 Å². The summed E-state index contributed by atoms with van der Waals surface area (Å²) in [5.41, 5.74) is 3.42. The zero-order valence-corrected chi connectivity index (χ0v) is 19.6. The summed E-state index contributed by atoms with van der Waals surface area (Å²) in [4.78, 5) is 38.3. The number of nitrogens with one attached hydrogen (secondary N) is 1. The number of allylic oxidation sites excluding steroid dienone is 2. The molecule has 0 unspecified atom stereocenters. The number of para-hydroxylation sites is 1. The van der Waals surface area contributed by atoms with Crippen LogP contribution in [0.2, 0.25) is 0 Å². The van der Waals surface area contributed by atoms with Gasteiger partial charge in [-0.15, -0.1) is 0 Å². The van der Waals surface area contributed by atoms with Gasteiger partial charge in [0.2, 0.25) is 0 Å². The van der Waals surface area contributed by atoms with Crippen LogP contribution in [-0.2, 0) is 4.74 Å². The first-order valence-corrected chi connectivity index (χ1v) is 11.3. The molecule has 35 heavy (non-hydrogen) atoms. The van der Waals surface area contributed by atoms with Crippen molar-refractivity contribution in [3.63, 3.8) is 0 Å². The highest BCUT2D eigenvalue weighted by Gasteiger charge is 2.21. The number of benzene rings is 2. The molecule has 0 saturated heterocycles. The van der Waals surface area contributed by atoms with Crippen LogP contribution in [0.5, 0.6) is 0 Å². The molecule has 0 aliphatic carbocycles. The molecule has 3 heterocycles. The Balaban J connectivity index is 1.69. The van der Waals surface area contributed by atoms with E-state index in [0.29, 0.717) is 5.48 Å². The molecule has 0 saturated carbocycles. The average Bonchev–Trinajstić information content (AvgIpc) is 3.37. The quantitative estimate of drug-likeness (QED) is 0.487. The third-order valence-electron chi connectivity index (χ3n) is 5.47. The van der Waals surface area contributed by atoms with Crippen LogP contribution in [0.25, 0.3) is 28.6 Å². The first kappa shape index (κ1) is 22.3. The zero-order valence-electron chi connectivity index (χ0n) is 19.6. The molecule has 1 aliphatic rings. The number of ether oxygens (including phenoxy) is 1. The van der Waals surface area contributed by atoms with Crippen molar-refractivity contribution in [1.82, 2.24) is 14.5 Å². The monoisotopic (exact) mass is 464 g/mol. The molecule has 7 nitrogen and oxygen atoms in total. The number of aromatic nitrogens is 3. The second kappa shape index (κ2) is 8.68. The minimum Gasteiger partial charge on any atom is -0.443 e. The third kappa shape index (κ3) is 4.48. The third-order valence-corrected chi connectivity index (χ3v) is 5.47. The van der Waals surface area contributed by atoms with Gasteiger partial charge < -0.3 is 9.72 Å². The van der Waals surface area contributed by atoms with Gasteiger partial charge in [0.15, 0.2) is 0 Å². The standard InChI is InChI=1S/C28H24N4O3/c1-28(2,3)35-27(34)32-25(14-13-19-17-30-23-11-5-4-9-21(19)23)31-24(26(32)33)16-18-8-6-12-22-20(18)10-7-15-29-22/h4-17,31H,1-3H3/b19-13+,24-16-,25-14-. The van der Waals surface area contributed by atoms with Gasteiger partial charge in [0, 0.05) is 28.9 Å². The maximum absolute atomic E-state index is 13.4. The molecule has 0 bridgehead atoms. The van der Waals surface area contributed by atoms with Crippen LogP contribution >= 0.6 is 0 Å². The van der Waals surface area contributed by atoms with Gasteiger partial charge in [-0.2, -0.15) is 4.57 Å². The lowest BCUT2D eigenvalue weighted by Crippen LogP contribution is -2.40. The predicted molar refractivity (Wildman–Crippen MR) is 138 cm³/mol. The largest absolute Gasteiger partial charge is 0.443 e. The number of imidazole rings is 1. The summed E-state index contributed by atoms with van der Waals surface area (Å²) in [5.74, 6) is 0. The van der Waals surface area contributed by atoms with Gasteiger partial charge in [-0.25, -0.2) is 4.79 Å². The van der Waals surface area contributed by atoms with Crippen LogP contribution in [0.4, 0.5) is 10.5 Å². The minimum atomic E-state index is -0.758. The van der Waals surface area contributed by atoms with E-state index in [1.54, 1.807) is 45.3 Å². The zero-order chi connectivity index (χ0) is 24.6. The first-order valence-electron chi connectivity index (χ1n) is 11.3. The summed E-state index contributed by atoms with van der Waals surface area (Å²) in [6.45, 7) is 5.28. The maximum Gasteiger partial charge on any atom is 0.423 e. The SMILES string of the molecule is CC(C)(C)OC(=O)n1c(=O)/c(=C/c2cccc3ncccc23)[nH]/c1=C/C=C1\C=Nc2ccccc21. The second-order valence-corrected chi connectivity index (χ2v) is 9.17. The van der Waals surface area contributed by atoms with Crippen molar-refractivity contribution in [2.75, 3.05) is 0 Å². The summed E-state index contributed by atoms with van der Waals surface area (Å²) in [6.07, 6.45) is 7.98. The first-order chi connectivity index (χ1) is 16.8. The van der Waals surface area contributed by atoms with E-state index in [1.165, 1.54) is 0 Å². The molecule has 174 valence electrons. The van der Waals surface area contributed by atoms with Crippen LogP contribution in [0, 0.1) is 0 Å². The van der Waals surface area contributed by atoms with E-state index >= 15 is 0 Å². The molecule has 0 spiro atoms. The van der Waals surface area contributed by atoms with Gasteiger partial charge in [0.25, 0.3) is 5.56 Å². The molecule has 5 rings (SSSR count). The Bertz CT molecular complexity index is 1690. The molecule has 2 aromatic heterocycles. The van der Waals surface area contributed by atoms with Gasteiger partial charge in [-0.3, -0.25) is 14.8 Å². The van der Waals surface area contributed by atoms with Crippen LogP contribution in [0.15, 0.2) is 76.7 Å². The Kier molecular flexibility index (Phi) is 5.53. The van der Waals surface area contributed by atoms with Gasteiger partial charge in [-0.1, -0.05) is 36.4 Å². The molecule has 7 heteroatoms. The Morgan fingerprint density at radius 3 is 2.69 bits per heavy atom. The predicted octanol–water partition coefficient (Wildman–Crippen LogP) is 3.92. The summed E-state index contributed by atoms with van der Waals surface area (Å²) in [5, 5.41) is 1.16. The van der Waals surface area contributed by atoms with Crippen molar-refractivity contribution in [2.45, 2.75) is 26.4 Å². The van der Waals surface area contributed by atoms with E-state index in [9.17, 15) is 9.59 Å². The second-order valence-electron chi connectivity index (χ2n) is 9.17. The van der Waals surface area contributed by atoms with E-state index in [4.69, 9.17) is 4.74 Å². The Hall–Kier alpha value is -4.52. The van der Waals surface area contributed by atoms with Gasteiger partial charge >= 0.3 is 6.09 Å². The highest BCUT2D eigenvalue weighted by atomic mass is 16.6. The molecule has 1 aliphatic heterocycles. The molecule has 1 N–H and O–H groups in total. The number of hydrogen-bond acceptors (Lipinski definition) is 5. The number of pyridine rings is 1. The average molecular weight is 465 g/mol. The molecule has 0 atom stereocenters. The van der Waals surface area contributed by atoms with Crippen molar-refractivity contribution in [3.05, 3.63) is 99.2 Å². The molecule has 0 radical (unpaired) electrons. The van der Waals surface area contributed by atoms with Gasteiger partial charge in [-0.05, 0) is 62.8 Å². The normalized spacial score (nSPS) is 15.2. The summed E-state index contributed by atoms with van der Waals surface area (Å²) in [6, 6.07) is 17.3. The van der Waals surface area contributed by atoms with Crippen molar-refractivity contribution < 1.29 is 9.53 Å². The molecule has 0 amide bonds. The Morgan fingerprint density at radius 2 is 1.86 bits per heavy atom. The Labute approximate surface area is 201 Å². The lowest BCUT2D eigenvalue weighted by Gasteiger charge is -2.19. The fourth-order valence-corrected chi connectivity index (χ4v) is 3.93. The number of hydrogen-bond donors (Lipinski definition) is 1. The fourth-order valence-electron chi connectivity index (χ4n) is 3.93. The fraction of sp³-hybridized carbons (Fsp3) is 0.143. The number of aromatic amines is 1. The smallest absolute Gasteiger partial charge is 0.423 e. The van der Waals surface area contributed by atoms with Crippen molar-refractivity contribution in [2.24, 2.45) is 4.99 Å². The molecule has 0 fully saturated rings. The lowest BCUT2D eigenvalue weighted by atomic mass is 10.1. The number of rotatable bonds is 2. The minimum absolute atomic E-state index is 0.261. The summed E-state index contributed by atoms with van der Waals surface area (Å²) < 4.78 is 6.54. The summed E-state index contributed by atoms with van der Waals surface area (Å²) >= 11 is 0. The van der Waals surface area contributed by atoms with Crippen molar-refractivity contribution in [1.29, 1.82) is 0 Å². The number of carbonyl (C=O) groups is 1. The van der Waals surface area contributed by atoms with E-state index in [2.05, 4.69) is 15.0 Å². The van der Waals surface area contributed by atoms with E-state index in [0.717, 1.165) is 37.9 Å². The highest BCUT2D eigenvalue weighted by Crippen LogP contribution is 2.30. The molecular weight excluding hydrogens is 440 g/mol. The number of carbonyl (C=O) groups excluding carboxylic acids is 1. The Morgan fingerprint density at radius 1 is 1.03 bits per heavy atom. The highest BCUT2D eigenvalue weighted by molar-refractivity contribution is 6.17. The van der Waals surface area contributed by atoms with Crippen molar-refractivity contribution >= 4 is 46.6 Å². The van der Waals surface area contributed by atoms with Gasteiger partial charge in [0.05, 0.1) is 11.2 Å². The van der Waals surface area contributed by atoms with Crippen LogP contribution < -0.4 is 16.4 Å². The van der Waals surface area contributed by atoms with Crippen LogP contribution in [0.1, 0.15) is 31.9 Å². The lowest BCUT2D eigenvalue weighted by molar-refractivity contribution is 0.0526. The van der Waals surface area contributed by atoms with Gasteiger partial charge in [0.1, 0.15) is 16.4 Å². The molecular formula is C28H24N4O3. The van der Waals surface area contributed by atoms with Crippen LogP contribution in [0.3, 0.4) is 0 Å². The van der Waals surface area contributed by atoms with Crippen molar-refractivity contribution in [3.8, 4) is 0 Å². The van der Waals surface area contributed by atoms with E-state index in [-0.39, 0.29) is 5.35 Å². The molecule has 4 aromatic rings. The number of aliphatic imine (C=N–C) groups is 1. The topological polar surface area (TPSA) is 89.3 Å². The number of H-pyrrole nitrogens is 1. The summed E-state index contributed by atoms with van der Waals surface area (Å²) in [7, 11) is 0.